The van der Waals surface area contributed by atoms with E-state index in [1.807, 2.05) is 0 Å². The monoisotopic (exact) mass is 231 g/mol. The van der Waals surface area contributed by atoms with Gasteiger partial charge in [-0.1, -0.05) is 26.0 Å². The quantitative estimate of drug-likeness (QED) is 0.836. The highest BCUT2D eigenvalue weighted by Gasteiger charge is 2.29. The van der Waals surface area contributed by atoms with E-state index >= 15 is 0 Å². The van der Waals surface area contributed by atoms with E-state index in [2.05, 4.69) is 19.2 Å². The molecule has 0 radical (unpaired) electrons. The second-order valence-corrected chi connectivity index (χ2v) is 4.22. The Morgan fingerprint density at radius 2 is 1.69 bits per heavy atom. The summed E-state index contributed by atoms with van der Waals surface area (Å²) in [5, 5.41) is 3.18. The van der Waals surface area contributed by atoms with E-state index in [1.165, 1.54) is 12.1 Å². The van der Waals surface area contributed by atoms with Gasteiger partial charge in [0, 0.05) is 6.54 Å². The molecule has 0 atom stereocenters. The third-order valence-electron chi connectivity index (χ3n) is 2.16. The van der Waals surface area contributed by atoms with E-state index in [-0.39, 0.29) is 0 Å². The first-order valence-electron chi connectivity index (χ1n) is 5.26. The van der Waals surface area contributed by atoms with Crippen molar-refractivity contribution in [2.75, 3.05) is 6.54 Å². The van der Waals surface area contributed by atoms with E-state index < -0.39 is 11.7 Å². The molecule has 0 saturated heterocycles. The minimum absolute atomic E-state index is 0.537. The zero-order valence-corrected chi connectivity index (χ0v) is 9.43. The molecule has 0 saturated carbocycles. The zero-order chi connectivity index (χ0) is 12.2. The maximum Gasteiger partial charge on any atom is 0.416 e. The predicted octanol–water partition coefficient (Wildman–Crippen LogP) is 3.45. The Kier molecular flexibility index (Phi) is 4.35. The van der Waals surface area contributed by atoms with Crippen LogP contribution in [-0.2, 0) is 12.7 Å². The van der Waals surface area contributed by atoms with Crippen molar-refractivity contribution < 1.29 is 13.2 Å². The molecule has 0 unspecified atom stereocenters. The SMILES string of the molecule is CC(C)CNCc1ccc(C(F)(F)F)cc1. The Balaban J connectivity index is 2.52. The van der Waals surface area contributed by atoms with Crippen LogP contribution in [0.25, 0.3) is 0 Å². The van der Waals surface area contributed by atoms with Crippen molar-refractivity contribution in [3.05, 3.63) is 35.4 Å². The van der Waals surface area contributed by atoms with Gasteiger partial charge in [0.05, 0.1) is 5.56 Å². The average molecular weight is 231 g/mol. The molecule has 1 nitrogen and oxygen atoms in total. The number of halogens is 3. The van der Waals surface area contributed by atoms with Crippen LogP contribution in [0.15, 0.2) is 24.3 Å². The predicted molar refractivity (Wildman–Crippen MR) is 58.0 cm³/mol. The number of alkyl halides is 3. The first-order valence-corrected chi connectivity index (χ1v) is 5.26. The lowest BCUT2D eigenvalue weighted by Crippen LogP contribution is -2.19. The molecule has 1 aromatic carbocycles. The van der Waals surface area contributed by atoms with Gasteiger partial charge in [-0.05, 0) is 30.2 Å². The zero-order valence-electron chi connectivity index (χ0n) is 9.43. The highest BCUT2D eigenvalue weighted by Crippen LogP contribution is 2.28. The van der Waals surface area contributed by atoms with E-state index in [1.54, 1.807) is 0 Å². The van der Waals surface area contributed by atoms with Crippen molar-refractivity contribution in [2.45, 2.75) is 26.6 Å². The molecule has 0 aromatic heterocycles. The lowest BCUT2D eigenvalue weighted by atomic mass is 10.1. The van der Waals surface area contributed by atoms with Crippen LogP contribution >= 0.6 is 0 Å². The summed E-state index contributed by atoms with van der Waals surface area (Å²) in [5.74, 6) is 0.537. The van der Waals surface area contributed by atoms with Crippen LogP contribution in [0.5, 0.6) is 0 Å². The fourth-order valence-corrected chi connectivity index (χ4v) is 1.32. The van der Waals surface area contributed by atoms with Crippen molar-refractivity contribution >= 4 is 0 Å². The van der Waals surface area contributed by atoms with Crippen molar-refractivity contribution in [2.24, 2.45) is 5.92 Å². The lowest BCUT2D eigenvalue weighted by Gasteiger charge is -2.09. The van der Waals surface area contributed by atoms with Crippen molar-refractivity contribution in [1.29, 1.82) is 0 Å². The summed E-state index contributed by atoms with van der Waals surface area (Å²) in [6.07, 6.45) is -4.25. The smallest absolute Gasteiger partial charge is 0.312 e. The van der Waals surface area contributed by atoms with Gasteiger partial charge in [0.1, 0.15) is 0 Å². The second kappa shape index (κ2) is 5.34. The van der Waals surface area contributed by atoms with Crippen LogP contribution in [0.2, 0.25) is 0 Å². The summed E-state index contributed by atoms with van der Waals surface area (Å²) < 4.78 is 36.8. The molecule has 1 aromatic rings. The summed E-state index contributed by atoms with van der Waals surface area (Å²) in [6.45, 7) is 5.64. The highest BCUT2D eigenvalue weighted by molar-refractivity contribution is 5.24. The molecule has 0 heterocycles. The average Bonchev–Trinajstić information content (AvgIpc) is 2.16. The van der Waals surface area contributed by atoms with Gasteiger partial charge in [-0.2, -0.15) is 13.2 Å². The Labute approximate surface area is 93.7 Å². The second-order valence-electron chi connectivity index (χ2n) is 4.22. The van der Waals surface area contributed by atoms with Gasteiger partial charge in [-0.3, -0.25) is 0 Å². The third-order valence-corrected chi connectivity index (χ3v) is 2.16. The first kappa shape index (κ1) is 13.0. The highest BCUT2D eigenvalue weighted by atomic mass is 19.4. The van der Waals surface area contributed by atoms with Gasteiger partial charge in [0.2, 0.25) is 0 Å². The van der Waals surface area contributed by atoms with Crippen molar-refractivity contribution in [1.82, 2.24) is 5.32 Å². The molecular weight excluding hydrogens is 215 g/mol. The number of benzene rings is 1. The summed E-state index contributed by atoms with van der Waals surface area (Å²) in [4.78, 5) is 0. The first-order chi connectivity index (χ1) is 7.39. The molecule has 0 spiro atoms. The fraction of sp³-hybridized carbons (Fsp3) is 0.500. The molecule has 0 aliphatic rings. The molecule has 0 amide bonds. The van der Waals surface area contributed by atoms with Gasteiger partial charge >= 0.3 is 6.18 Å². The van der Waals surface area contributed by atoms with Crippen molar-refractivity contribution in [3.63, 3.8) is 0 Å². The van der Waals surface area contributed by atoms with E-state index in [4.69, 9.17) is 0 Å². The standard InChI is InChI=1S/C12H16F3N/c1-9(2)7-16-8-10-3-5-11(6-4-10)12(13,14)15/h3-6,9,16H,7-8H2,1-2H3. The number of nitrogens with one attached hydrogen (secondary N) is 1. The molecule has 0 aliphatic heterocycles. The van der Waals surface area contributed by atoms with Crippen LogP contribution in [0.3, 0.4) is 0 Å². The van der Waals surface area contributed by atoms with Gasteiger partial charge < -0.3 is 5.32 Å². The van der Waals surface area contributed by atoms with Gasteiger partial charge in [0.25, 0.3) is 0 Å². The van der Waals surface area contributed by atoms with Crippen molar-refractivity contribution in [3.8, 4) is 0 Å². The topological polar surface area (TPSA) is 12.0 Å². The Hall–Kier alpha value is -1.03. The van der Waals surface area contributed by atoms with Gasteiger partial charge in [-0.25, -0.2) is 0 Å². The van der Waals surface area contributed by atoms with E-state index in [9.17, 15) is 13.2 Å². The third kappa shape index (κ3) is 4.23. The van der Waals surface area contributed by atoms with Crippen LogP contribution < -0.4 is 5.32 Å². The van der Waals surface area contributed by atoms with Gasteiger partial charge in [-0.15, -0.1) is 0 Å². The van der Waals surface area contributed by atoms with Gasteiger partial charge in [0.15, 0.2) is 0 Å². The van der Waals surface area contributed by atoms with E-state index in [0.717, 1.165) is 24.2 Å². The largest absolute Gasteiger partial charge is 0.416 e. The van der Waals surface area contributed by atoms with Crippen LogP contribution in [0.4, 0.5) is 13.2 Å². The van der Waals surface area contributed by atoms with Crippen LogP contribution in [0.1, 0.15) is 25.0 Å². The fourth-order valence-electron chi connectivity index (χ4n) is 1.32. The van der Waals surface area contributed by atoms with Crippen LogP contribution in [-0.4, -0.2) is 6.54 Å². The summed E-state index contributed by atoms with van der Waals surface area (Å²) >= 11 is 0. The molecule has 1 N–H and O–H groups in total. The normalized spacial score (nSPS) is 12.1. The maximum atomic E-state index is 12.3. The molecule has 1 rings (SSSR count). The molecule has 16 heavy (non-hydrogen) atoms. The Bertz CT molecular complexity index is 314. The Morgan fingerprint density at radius 1 is 1.12 bits per heavy atom. The Morgan fingerprint density at radius 3 is 2.12 bits per heavy atom. The molecular formula is C12H16F3N. The number of rotatable bonds is 4. The molecule has 0 bridgehead atoms. The summed E-state index contributed by atoms with van der Waals surface area (Å²) in [7, 11) is 0. The molecule has 0 aliphatic carbocycles. The lowest BCUT2D eigenvalue weighted by molar-refractivity contribution is -0.137. The van der Waals surface area contributed by atoms with E-state index in [0.29, 0.717) is 12.5 Å². The number of hydrogen-bond donors (Lipinski definition) is 1. The summed E-state index contributed by atoms with van der Waals surface area (Å²) in [6, 6.07) is 5.26. The molecule has 0 fully saturated rings. The maximum absolute atomic E-state index is 12.3. The molecule has 90 valence electrons. The van der Waals surface area contributed by atoms with Crippen LogP contribution in [0, 0.1) is 5.92 Å². The minimum atomic E-state index is -4.25. The summed E-state index contributed by atoms with van der Waals surface area (Å²) in [5.41, 5.74) is 0.272. The number of hydrogen-bond acceptors (Lipinski definition) is 1. The molecule has 4 heteroatoms. The minimum Gasteiger partial charge on any atom is -0.312 e.